The molecule has 36 heavy (non-hydrogen) atoms. The van der Waals surface area contributed by atoms with Crippen molar-refractivity contribution in [1.82, 2.24) is 8.97 Å². The number of para-hydroxylation sites is 3. The highest BCUT2D eigenvalue weighted by Crippen LogP contribution is 2.45. The van der Waals surface area contributed by atoms with Gasteiger partial charge in [-0.3, -0.25) is 0 Å². The predicted octanol–water partition coefficient (Wildman–Crippen LogP) is 9.09. The molecule has 9 aromatic rings. The first kappa shape index (κ1) is 18.5. The van der Waals surface area contributed by atoms with E-state index in [9.17, 15) is 0 Å². The van der Waals surface area contributed by atoms with Gasteiger partial charge in [0.25, 0.3) is 0 Å². The van der Waals surface area contributed by atoms with Crippen LogP contribution in [-0.2, 0) is 0 Å². The zero-order chi connectivity index (χ0) is 23.4. The minimum atomic E-state index is 1.19. The van der Waals surface area contributed by atoms with Crippen molar-refractivity contribution in [1.29, 1.82) is 0 Å². The lowest BCUT2D eigenvalue weighted by Crippen LogP contribution is -1.93. The fraction of sp³-hybridized carbons (Fsp3) is 0. The van der Waals surface area contributed by atoms with E-state index in [1.807, 2.05) is 0 Å². The van der Waals surface area contributed by atoms with Crippen LogP contribution in [0.25, 0.3) is 76.4 Å². The van der Waals surface area contributed by atoms with Crippen molar-refractivity contribution in [3.63, 3.8) is 0 Å². The first-order valence-electron chi connectivity index (χ1n) is 12.5. The van der Waals surface area contributed by atoms with E-state index in [4.69, 9.17) is 0 Å². The Balaban J connectivity index is 1.59. The van der Waals surface area contributed by atoms with Gasteiger partial charge in [-0.15, -0.1) is 0 Å². The highest BCUT2D eigenvalue weighted by molar-refractivity contribution is 6.32. The Bertz CT molecular complexity index is 2300. The molecule has 9 rings (SSSR count). The molecule has 0 saturated carbocycles. The van der Waals surface area contributed by atoms with E-state index in [-0.39, 0.29) is 0 Å². The number of hydrogen-bond acceptors (Lipinski definition) is 0. The molecule has 6 aromatic carbocycles. The first-order valence-corrected chi connectivity index (χ1v) is 12.5. The summed E-state index contributed by atoms with van der Waals surface area (Å²) in [5, 5.41) is 10.5. The van der Waals surface area contributed by atoms with Gasteiger partial charge < -0.3 is 8.97 Å². The van der Waals surface area contributed by atoms with E-state index in [1.54, 1.807) is 0 Å². The van der Waals surface area contributed by atoms with Crippen LogP contribution >= 0.6 is 0 Å². The maximum Gasteiger partial charge on any atom is 0.0626 e. The third-order valence-corrected chi connectivity index (χ3v) is 8.00. The SMILES string of the molecule is c1ccc(-n2c3ccccc3c3cc4c5cc6ccccc6c6c7ccccc7n(c4cc32)c56)cc1. The summed E-state index contributed by atoms with van der Waals surface area (Å²) < 4.78 is 4.90. The molecule has 0 saturated heterocycles. The van der Waals surface area contributed by atoms with Crippen LogP contribution in [0.15, 0.2) is 121 Å². The molecule has 0 aliphatic rings. The molecular formula is C34H20N2. The molecule has 0 bridgehead atoms. The fourth-order valence-corrected chi connectivity index (χ4v) is 6.56. The van der Waals surface area contributed by atoms with Gasteiger partial charge in [-0.1, -0.05) is 78.9 Å². The molecule has 0 radical (unpaired) electrons. The van der Waals surface area contributed by atoms with Crippen LogP contribution in [0, 0.1) is 0 Å². The summed E-state index contributed by atoms with van der Waals surface area (Å²) in [6.07, 6.45) is 0. The molecule has 0 spiro atoms. The van der Waals surface area contributed by atoms with Crippen molar-refractivity contribution in [2.75, 3.05) is 0 Å². The molecule has 2 nitrogen and oxygen atoms in total. The second-order valence-corrected chi connectivity index (χ2v) is 9.80. The number of hydrogen-bond donors (Lipinski definition) is 0. The maximum atomic E-state index is 2.49. The van der Waals surface area contributed by atoms with Gasteiger partial charge in [0.2, 0.25) is 0 Å². The highest BCUT2D eigenvalue weighted by Gasteiger charge is 2.21. The normalized spacial score (nSPS) is 12.4. The van der Waals surface area contributed by atoms with Crippen LogP contribution in [-0.4, -0.2) is 8.97 Å². The quantitative estimate of drug-likeness (QED) is 0.233. The number of nitrogens with zero attached hydrogens (tertiary/aromatic N) is 2. The summed E-state index contributed by atoms with van der Waals surface area (Å²) in [6, 6.07) is 44.4. The first-order chi connectivity index (χ1) is 17.9. The van der Waals surface area contributed by atoms with Crippen molar-refractivity contribution in [2.45, 2.75) is 0 Å². The molecule has 0 N–H and O–H groups in total. The van der Waals surface area contributed by atoms with Gasteiger partial charge >= 0.3 is 0 Å². The summed E-state index contributed by atoms with van der Waals surface area (Å²) in [7, 11) is 0. The Morgan fingerprint density at radius 1 is 0.389 bits per heavy atom. The van der Waals surface area contributed by atoms with Crippen LogP contribution in [0.5, 0.6) is 0 Å². The van der Waals surface area contributed by atoms with Crippen molar-refractivity contribution in [3.05, 3.63) is 121 Å². The van der Waals surface area contributed by atoms with Gasteiger partial charge in [-0.05, 0) is 53.2 Å². The third-order valence-electron chi connectivity index (χ3n) is 8.00. The monoisotopic (exact) mass is 456 g/mol. The van der Waals surface area contributed by atoms with Crippen LogP contribution < -0.4 is 0 Å². The smallest absolute Gasteiger partial charge is 0.0626 e. The Morgan fingerprint density at radius 2 is 1.06 bits per heavy atom. The zero-order valence-corrected chi connectivity index (χ0v) is 19.4. The lowest BCUT2D eigenvalue weighted by atomic mass is 10.00. The number of fused-ring (bicyclic) bond motifs is 11. The van der Waals surface area contributed by atoms with Crippen LogP contribution in [0.1, 0.15) is 0 Å². The summed E-state index contributed by atoms with van der Waals surface area (Å²) in [6.45, 7) is 0. The van der Waals surface area contributed by atoms with Gasteiger partial charge in [0.1, 0.15) is 0 Å². The maximum absolute atomic E-state index is 2.49. The molecule has 3 heterocycles. The van der Waals surface area contributed by atoms with Crippen LogP contribution in [0.3, 0.4) is 0 Å². The predicted molar refractivity (Wildman–Crippen MR) is 153 cm³/mol. The van der Waals surface area contributed by atoms with Gasteiger partial charge in [0.15, 0.2) is 0 Å². The molecule has 0 aliphatic heterocycles. The second kappa shape index (κ2) is 6.44. The van der Waals surface area contributed by atoms with E-state index in [2.05, 4.69) is 130 Å². The average molecular weight is 457 g/mol. The highest BCUT2D eigenvalue weighted by atomic mass is 15.0. The Kier molecular flexibility index (Phi) is 3.31. The number of aromatic nitrogens is 2. The second-order valence-electron chi connectivity index (χ2n) is 9.80. The van der Waals surface area contributed by atoms with Crippen LogP contribution in [0.4, 0.5) is 0 Å². The van der Waals surface area contributed by atoms with E-state index in [0.717, 1.165) is 0 Å². The standard InChI is InChI=1S/C34H20N2/c1-2-11-22(12-3-1)35-29-16-8-6-14-24(29)26-19-27-28-18-21-10-4-5-13-23(21)33-25-15-7-9-17-30(25)36(34(28)33)32(27)20-31(26)35/h1-20H. The molecule has 166 valence electrons. The van der Waals surface area contributed by atoms with Crippen molar-refractivity contribution in [2.24, 2.45) is 0 Å². The molecule has 3 aromatic heterocycles. The summed E-state index contributed by atoms with van der Waals surface area (Å²) >= 11 is 0. The summed E-state index contributed by atoms with van der Waals surface area (Å²) in [5.41, 5.74) is 7.53. The zero-order valence-electron chi connectivity index (χ0n) is 19.4. The van der Waals surface area contributed by atoms with Crippen LogP contribution in [0.2, 0.25) is 0 Å². The summed E-state index contributed by atoms with van der Waals surface area (Å²) in [5.74, 6) is 0. The topological polar surface area (TPSA) is 9.34 Å². The summed E-state index contributed by atoms with van der Waals surface area (Å²) in [4.78, 5) is 0. The molecule has 0 atom stereocenters. The Hall–Kier alpha value is -4.82. The van der Waals surface area contributed by atoms with E-state index >= 15 is 0 Å². The van der Waals surface area contributed by atoms with E-state index < -0.39 is 0 Å². The van der Waals surface area contributed by atoms with Gasteiger partial charge in [-0.2, -0.15) is 0 Å². The van der Waals surface area contributed by atoms with Gasteiger partial charge in [-0.25, -0.2) is 0 Å². The Labute approximate surface area is 206 Å². The number of benzene rings is 6. The van der Waals surface area contributed by atoms with Gasteiger partial charge in [0, 0.05) is 38.0 Å². The minimum absolute atomic E-state index is 1.19. The van der Waals surface area contributed by atoms with Crippen molar-refractivity contribution in [3.8, 4) is 5.69 Å². The van der Waals surface area contributed by atoms with E-state index in [0.29, 0.717) is 0 Å². The van der Waals surface area contributed by atoms with Crippen molar-refractivity contribution >= 4 is 70.7 Å². The number of rotatable bonds is 1. The largest absolute Gasteiger partial charge is 0.309 e. The third kappa shape index (κ3) is 2.14. The molecule has 2 heteroatoms. The molecule has 0 unspecified atom stereocenters. The minimum Gasteiger partial charge on any atom is -0.309 e. The van der Waals surface area contributed by atoms with Gasteiger partial charge in [0.05, 0.1) is 27.6 Å². The lowest BCUT2D eigenvalue weighted by molar-refractivity contribution is 1.18. The van der Waals surface area contributed by atoms with Crippen molar-refractivity contribution < 1.29 is 0 Å². The molecule has 0 fully saturated rings. The average Bonchev–Trinajstić information content (AvgIpc) is 3.56. The molecule has 0 amide bonds. The molecular weight excluding hydrogens is 436 g/mol. The molecule has 0 aliphatic carbocycles. The fourth-order valence-electron chi connectivity index (χ4n) is 6.56. The lowest BCUT2D eigenvalue weighted by Gasteiger charge is -2.08. The Morgan fingerprint density at radius 3 is 1.92 bits per heavy atom. The van der Waals surface area contributed by atoms with E-state index in [1.165, 1.54) is 76.4 Å².